The summed E-state index contributed by atoms with van der Waals surface area (Å²) in [5, 5.41) is 5.87. The van der Waals surface area contributed by atoms with E-state index in [-0.39, 0.29) is 16.6 Å². The number of hydrogen-bond acceptors (Lipinski definition) is 3. The van der Waals surface area contributed by atoms with Crippen LogP contribution in [0.15, 0.2) is 53.4 Å². The standard InChI is InChI=1S/C23H25ClN2O3S/c1-14(2)13-20(27)21-15(3)22(16-5-9-18(24)10-6-16)26(4)23(21)17-7-11-19(12-8-17)30(25,28)29/h5-12,14H,13H2,1-4H3,(H2,25,28,29). The highest BCUT2D eigenvalue weighted by Gasteiger charge is 2.25. The van der Waals surface area contributed by atoms with Crippen LogP contribution in [0.3, 0.4) is 0 Å². The maximum Gasteiger partial charge on any atom is 0.238 e. The molecular weight excluding hydrogens is 420 g/mol. The average Bonchev–Trinajstić information content (AvgIpc) is 2.92. The lowest BCUT2D eigenvalue weighted by atomic mass is 9.95. The Morgan fingerprint density at radius 3 is 2.00 bits per heavy atom. The monoisotopic (exact) mass is 444 g/mol. The zero-order valence-electron chi connectivity index (χ0n) is 17.4. The van der Waals surface area contributed by atoms with E-state index in [4.69, 9.17) is 16.7 Å². The van der Waals surface area contributed by atoms with Crippen molar-refractivity contribution in [2.45, 2.75) is 32.1 Å². The molecule has 3 aromatic rings. The smallest absolute Gasteiger partial charge is 0.238 e. The zero-order valence-corrected chi connectivity index (χ0v) is 19.0. The number of carbonyl (C=O) groups is 1. The van der Waals surface area contributed by atoms with Crippen LogP contribution in [-0.2, 0) is 17.1 Å². The minimum atomic E-state index is -3.79. The molecule has 0 fully saturated rings. The molecule has 30 heavy (non-hydrogen) atoms. The third-order valence-corrected chi connectivity index (χ3v) is 6.27. The SMILES string of the molecule is Cc1c(C(=O)CC(C)C)c(-c2ccc(S(N)(=O)=O)cc2)n(C)c1-c1ccc(Cl)cc1. The van der Waals surface area contributed by atoms with Gasteiger partial charge in [0.05, 0.1) is 16.3 Å². The van der Waals surface area contributed by atoms with E-state index in [1.54, 1.807) is 12.1 Å². The second-order valence-corrected chi connectivity index (χ2v) is 9.85. The highest BCUT2D eigenvalue weighted by Crippen LogP contribution is 2.38. The van der Waals surface area contributed by atoms with Crippen LogP contribution in [0.2, 0.25) is 5.02 Å². The maximum absolute atomic E-state index is 13.2. The summed E-state index contributed by atoms with van der Waals surface area (Å²) in [6.07, 6.45) is 0.424. The Morgan fingerprint density at radius 1 is 1.00 bits per heavy atom. The van der Waals surface area contributed by atoms with E-state index in [9.17, 15) is 13.2 Å². The van der Waals surface area contributed by atoms with Crippen LogP contribution in [0.4, 0.5) is 0 Å². The van der Waals surface area contributed by atoms with Gasteiger partial charge in [0.1, 0.15) is 0 Å². The van der Waals surface area contributed by atoms with Crippen molar-refractivity contribution in [2.75, 3.05) is 0 Å². The predicted octanol–water partition coefficient (Wildman–Crippen LogP) is 5.20. The van der Waals surface area contributed by atoms with Gasteiger partial charge in [-0.05, 0) is 53.8 Å². The number of primary sulfonamides is 1. The Kier molecular flexibility index (Phi) is 6.22. The number of nitrogens with two attached hydrogens (primary N) is 1. The molecule has 0 atom stereocenters. The number of halogens is 1. The lowest BCUT2D eigenvalue weighted by Crippen LogP contribution is -2.12. The van der Waals surface area contributed by atoms with Gasteiger partial charge in [-0.2, -0.15) is 0 Å². The Bertz CT molecular complexity index is 1190. The summed E-state index contributed by atoms with van der Waals surface area (Å²) in [5.74, 6) is 0.275. The molecule has 7 heteroatoms. The molecule has 1 heterocycles. The van der Waals surface area contributed by atoms with Crippen LogP contribution in [0.1, 0.15) is 36.2 Å². The first kappa shape index (κ1) is 22.3. The fraction of sp³-hybridized carbons (Fsp3) is 0.261. The molecule has 2 aromatic carbocycles. The van der Waals surface area contributed by atoms with Gasteiger partial charge in [0.15, 0.2) is 5.78 Å². The number of sulfonamides is 1. The molecular formula is C23H25ClN2O3S. The summed E-state index contributed by atoms with van der Waals surface area (Å²) in [4.78, 5) is 13.2. The molecule has 0 aliphatic rings. The molecule has 0 unspecified atom stereocenters. The number of rotatable bonds is 6. The van der Waals surface area contributed by atoms with Crippen molar-refractivity contribution in [3.8, 4) is 22.5 Å². The van der Waals surface area contributed by atoms with Crippen LogP contribution in [0.5, 0.6) is 0 Å². The normalized spacial score (nSPS) is 11.8. The van der Waals surface area contributed by atoms with Crippen molar-refractivity contribution in [3.63, 3.8) is 0 Å². The second-order valence-electron chi connectivity index (χ2n) is 7.85. The number of carbonyl (C=O) groups excluding carboxylic acids is 1. The van der Waals surface area contributed by atoms with E-state index in [1.165, 1.54) is 12.1 Å². The summed E-state index contributed by atoms with van der Waals surface area (Å²) >= 11 is 6.05. The highest BCUT2D eigenvalue weighted by molar-refractivity contribution is 7.89. The first-order valence-corrected chi connectivity index (χ1v) is 11.5. The van der Waals surface area contributed by atoms with Gasteiger partial charge >= 0.3 is 0 Å². The van der Waals surface area contributed by atoms with Crippen molar-refractivity contribution >= 4 is 27.4 Å². The van der Waals surface area contributed by atoms with E-state index in [0.29, 0.717) is 17.0 Å². The van der Waals surface area contributed by atoms with Crippen molar-refractivity contribution < 1.29 is 13.2 Å². The Labute approximate surface area is 182 Å². The van der Waals surface area contributed by atoms with Crippen LogP contribution < -0.4 is 5.14 Å². The first-order valence-electron chi connectivity index (χ1n) is 9.62. The van der Waals surface area contributed by atoms with Gasteiger partial charge in [-0.15, -0.1) is 0 Å². The van der Waals surface area contributed by atoms with Crippen LogP contribution in [0.25, 0.3) is 22.5 Å². The Hall–Kier alpha value is -2.41. The van der Waals surface area contributed by atoms with Crippen molar-refractivity contribution in [2.24, 2.45) is 18.1 Å². The molecule has 0 spiro atoms. The molecule has 0 aliphatic heterocycles. The summed E-state index contributed by atoms with van der Waals surface area (Å²) in [6, 6.07) is 13.8. The molecule has 0 amide bonds. The van der Waals surface area contributed by atoms with Crippen LogP contribution in [-0.4, -0.2) is 18.8 Å². The largest absolute Gasteiger partial charge is 0.343 e. The molecule has 3 rings (SSSR count). The van der Waals surface area contributed by atoms with Crippen molar-refractivity contribution in [3.05, 3.63) is 64.7 Å². The lowest BCUT2D eigenvalue weighted by molar-refractivity contribution is 0.0968. The average molecular weight is 445 g/mol. The van der Waals surface area contributed by atoms with E-state index in [0.717, 1.165) is 28.1 Å². The van der Waals surface area contributed by atoms with Gasteiger partial charge in [-0.1, -0.05) is 49.7 Å². The molecule has 1 aromatic heterocycles. The van der Waals surface area contributed by atoms with E-state index in [2.05, 4.69) is 0 Å². The molecule has 0 aliphatic carbocycles. The van der Waals surface area contributed by atoms with Gasteiger partial charge in [0.25, 0.3) is 0 Å². The lowest BCUT2D eigenvalue weighted by Gasteiger charge is -2.11. The van der Waals surface area contributed by atoms with Crippen LogP contribution in [0, 0.1) is 12.8 Å². The quantitative estimate of drug-likeness (QED) is 0.530. The van der Waals surface area contributed by atoms with Crippen molar-refractivity contribution in [1.82, 2.24) is 4.57 Å². The third-order valence-electron chi connectivity index (χ3n) is 5.08. The topological polar surface area (TPSA) is 82.2 Å². The van der Waals surface area contributed by atoms with E-state index >= 15 is 0 Å². The minimum absolute atomic E-state index is 0.0326. The van der Waals surface area contributed by atoms with Gasteiger partial charge in [-0.3, -0.25) is 4.79 Å². The van der Waals surface area contributed by atoms with Crippen molar-refractivity contribution in [1.29, 1.82) is 0 Å². The van der Waals surface area contributed by atoms with E-state index in [1.807, 2.05) is 56.7 Å². The summed E-state index contributed by atoms with van der Waals surface area (Å²) < 4.78 is 25.2. The number of Topliss-reactive ketones (excluding diaryl/α,β-unsaturated/α-hetero) is 1. The Morgan fingerprint density at radius 2 is 1.50 bits per heavy atom. The molecule has 158 valence electrons. The summed E-state index contributed by atoms with van der Waals surface area (Å²) in [7, 11) is -1.88. The number of benzene rings is 2. The predicted molar refractivity (Wildman–Crippen MR) is 121 cm³/mol. The molecule has 2 N–H and O–H groups in total. The fourth-order valence-electron chi connectivity index (χ4n) is 3.80. The molecule has 5 nitrogen and oxygen atoms in total. The number of hydrogen-bond donors (Lipinski definition) is 1. The van der Waals surface area contributed by atoms with Gasteiger partial charge in [-0.25, -0.2) is 13.6 Å². The number of nitrogens with zero attached hydrogens (tertiary/aromatic N) is 1. The highest BCUT2D eigenvalue weighted by atomic mass is 35.5. The minimum Gasteiger partial charge on any atom is -0.343 e. The zero-order chi connectivity index (χ0) is 22.2. The van der Waals surface area contributed by atoms with Gasteiger partial charge < -0.3 is 4.57 Å². The third kappa shape index (κ3) is 4.36. The van der Waals surface area contributed by atoms with Gasteiger partial charge in [0.2, 0.25) is 10.0 Å². The summed E-state index contributed by atoms with van der Waals surface area (Å²) in [6.45, 7) is 5.97. The summed E-state index contributed by atoms with van der Waals surface area (Å²) in [5.41, 5.74) is 4.91. The molecule has 0 saturated heterocycles. The molecule has 0 saturated carbocycles. The Balaban J connectivity index is 2.26. The first-order chi connectivity index (χ1) is 14.0. The fourth-order valence-corrected chi connectivity index (χ4v) is 4.44. The molecule has 0 bridgehead atoms. The second kappa shape index (κ2) is 8.38. The molecule has 0 radical (unpaired) electrons. The van der Waals surface area contributed by atoms with E-state index < -0.39 is 10.0 Å². The van der Waals surface area contributed by atoms with Gasteiger partial charge in [0, 0.05) is 24.1 Å². The van der Waals surface area contributed by atoms with Crippen LogP contribution >= 0.6 is 11.6 Å². The number of aromatic nitrogens is 1. The number of ketones is 1. The maximum atomic E-state index is 13.2.